The average Bonchev–Trinajstić information content (AvgIpc) is 3.05. The van der Waals surface area contributed by atoms with Gasteiger partial charge in [0.2, 0.25) is 17.7 Å². The van der Waals surface area contributed by atoms with Crippen molar-refractivity contribution in [1.82, 2.24) is 16.0 Å². The third-order valence-electron chi connectivity index (χ3n) is 7.93. The van der Waals surface area contributed by atoms with Gasteiger partial charge in [-0.1, -0.05) is 77.0 Å². The second-order valence-electron chi connectivity index (χ2n) is 12.6. The number of rotatable bonds is 35. The minimum Gasteiger partial charge on any atom is -0.481 e. The van der Waals surface area contributed by atoms with Gasteiger partial charge in [0.15, 0.2) is 0 Å². The number of Topliss-reactive ketones (excluding diaryl/α,β-unsaturated/α-hetero) is 1. The van der Waals surface area contributed by atoms with Gasteiger partial charge in [0.25, 0.3) is 0 Å². The molecule has 0 unspecified atom stereocenters. The standard InChI is InChI=1S/C35H61N3O12/c1-27(39)18-19-28(34(45)46)37-31(41)21-20-29(35(47)48)38-32(42)26-50-25-24-49-23-22-36-30(40)16-14-12-10-8-6-4-2-3-5-7-9-11-13-15-17-33(43)44/h28-29H,2-26H2,1H3,(H,36,40)(H,37,41)(H,38,42)(H,43,44)(H,45,46)(H,47,48)/t28-,29-/m0/s1. The van der Waals surface area contributed by atoms with Gasteiger partial charge in [-0.2, -0.15) is 0 Å². The molecule has 0 bridgehead atoms. The van der Waals surface area contributed by atoms with E-state index in [2.05, 4.69) is 16.0 Å². The first-order valence-electron chi connectivity index (χ1n) is 18.1. The Kier molecular flexibility index (Phi) is 29.1. The van der Waals surface area contributed by atoms with E-state index in [0.29, 0.717) is 13.0 Å². The predicted molar refractivity (Wildman–Crippen MR) is 184 cm³/mol. The summed E-state index contributed by atoms with van der Waals surface area (Å²) in [5.41, 5.74) is 0. The summed E-state index contributed by atoms with van der Waals surface area (Å²) in [5, 5.41) is 34.5. The van der Waals surface area contributed by atoms with Crippen molar-refractivity contribution in [2.45, 2.75) is 147 Å². The lowest BCUT2D eigenvalue weighted by atomic mass is 10.0. The lowest BCUT2D eigenvalue weighted by molar-refractivity contribution is -0.144. The highest BCUT2D eigenvalue weighted by Gasteiger charge is 2.24. The van der Waals surface area contributed by atoms with Crippen LogP contribution >= 0.6 is 0 Å². The minimum absolute atomic E-state index is 0.0245. The molecule has 0 aliphatic carbocycles. The molecule has 0 saturated carbocycles. The van der Waals surface area contributed by atoms with E-state index in [-0.39, 0.29) is 63.6 Å². The van der Waals surface area contributed by atoms with Crippen molar-refractivity contribution in [2.24, 2.45) is 0 Å². The fraction of sp³-hybridized carbons (Fsp3) is 0.800. The Morgan fingerprint density at radius 3 is 1.42 bits per heavy atom. The fourth-order valence-corrected chi connectivity index (χ4v) is 5.06. The zero-order valence-corrected chi connectivity index (χ0v) is 29.8. The molecular formula is C35H61N3O12. The quantitative estimate of drug-likeness (QED) is 0.0515. The van der Waals surface area contributed by atoms with Crippen molar-refractivity contribution in [1.29, 1.82) is 0 Å². The summed E-state index contributed by atoms with van der Waals surface area (Å²) in [6.07, 6.45) is 15.8. The summed E-state index contributed by atoms with van der Waals surface area (Å²) in [4.78, 5) is 80.5. The van der Waals surface area contributed by atoms with E-state index in [1.807, 2.05) is 0 Å². The molecule has 0 spiro atoms. The maximum absolute atomic E-state index is 12.1. The number of carbonyl (C=O) groups excluding carboxylic acids is 4. The van der Waals surface area contributed by atoms with Crippen LogP contribution in [-0.2, 0) is 43.0 Å². The van der Waals surface area contributed by atoms with Gasteiger partial charge in [-0.15, -0.1) is 0 Å². The third kappa shape index (κ3) is 30.5. The molecule has 0 rings (SSSR count). The Morgan fingerprint density at radius 2 is 0.940 bits per heavy atom. The first-order chi connectivity index (χ1) is 23.9. The van der Waals surface area contributed by atoms with E-state index < -0.39 is 48.4 Å². The predicted octanol–water partition coefficient (Wildman–Crippen LogP) is 3.75. The number of ether oxygens (including phenoxy) is 2. The molecule has 50 heavy (non-hydrogen) atoms. The van der Waals surface area contributed by atoms with Gasteiger partial charge in [0.05, 0.1) is 19.8 Å². The fourth-order valence-electron chi connectivity index (χ4n) is 5.06. The van der Waals surface area contributed by atoms with Gasteiger partial charge < -0.3 is 45.5 Å². The molecule has 0 radical (unpaired) electrons. The van der Waals surface area contributed by atoms with Crippen LogP contribution in [0.5, 0.6) is 0 Å². The number of hydrogen-bond donors (Lipinski definition) is 6. The summed E-state index contributed by atoms with van der Waals surface area (Å²) in [6.45, 7) is 1.72. The van der Waals surface area contributed by atoms with E-state index in [1.165, 1.54) is 58.3 Å². The van der Waals surface area contributed by atoms with Crippen molar-refractivity contribution in [2.75, 3.05) is 33.0 Å². The largest absolute Gasteiger partial charge is 0.481 e. The number of hydrogen-bond acceptors (Lipinski definition) is 9. The first-order valence-corrected chi connectivity index (χ1v) is 18.1. The molecule has 0 aromatic rings. The van der Waals surface area contributed by atoms with Crippen LogP contribution in [0.4, 0.5) is 0 Å². The van der Waals surface area contributed by atoms with Gasteiger partial charge in [0.1, 0.15) is 24.5 Å². The van der Waals surface area contributed by atoms with Gasteiger partial charge in [-0.3, -0.25) is 19.2 Å². The second kappa shape index (κ2) is 31.4. The minimum atomic E-state index is -1.38. The molecule has 0 aromatic carbocycles. The van der Waals surface area contributed by atoms with Gasteiger partial charge >= 0.3 is 17.9 Å². The highest BCUT2D eigenvalue weighted by molar-refractivity contribution is 5.86. The van der Waals surface area contributed by atoms with E-state index in [4.69, 9.17) is 14.6 Å². The van der Waals surface area contributed by atoms with Crippen LogP contribution < -0.4 is 16.0 Å². The van der Waals surface area contributed by atoms with Crippen LogP contribution in [0, 0.1) is 0 Å². The van der Waals surface area contributed by atoms with Crippen LogP contribution in [0.1, 0.15) is 135 Å². The Balaban J connectivity index is 3.73. The lowest BCUT2D eigenvalue weighted by Gasteiger charge is -2.16. The Morgan fingerprint density at radius 1 is 0.500 bits per heavy atom. The summed E-state index contributed by atoms with van der Waals surface area (Å²) >= 11 is 0. The molecule has 0 aliphatic rings. The molecule has 6 N–H and O–H groups in total. The Labute approximate surface area is 296 Å². The number of carboxylic acid groups (broad SMARTS) is 3. The average molecular weight is 716 g/mol. The van der Waals surface area contributed by atoms with Crippen LogP contribution in [0.3, 0.4) is 0 Å². The monoisotopic (exact) mass is 715 g/mol. The molecule has 0 saturated heterocycles. The molecule has 15 nitrogen and oxygen atoms in total. The SMILES string of the molecule is CC(=O)CC[C@H](NC(=O)CC[C@H](NC(=O)COCCOCCNC(=O)CCCCCCCCCCCCCCCCC(=O)O)C(=O)O)C(=O)O. The van der Waals surface area contributed by atoms with Gasteiger partial charge in [-0.05, 0) is 32.6 Å². The molecule has 288 valence electrons. The van der Waals surface area contributed by atoms with Crippen molar-refractivity contribution < 1.29 is 58.4 Å². The smallest absolute Gasteiger partial charge is 0.326 e. The number of amides is 3. The second-order valence-corrected chi connectivity index (χ2v) is 12.6. The van der Waals surface area contributed by atoms with Crippen LogP contribution in [0.25, 0.3) is 0 Å². The van der Waals surface area contributed by atoms with E-state index >= 15 is 0 Å². The van der Waals surface area contributed by atoms with Crippen molar-refractivity contribution in [3.8, 4) is 0 Å². The number of aliphatic carboxylic acids is 3. The van der Waals surface area contributed by atoms with Crippen molar-refractivity contribution in [3.05, 3.63) is 0 Å². The lowest BCUT2D eigenvalue weighted by Crippen LogP contribution is -2.45. The van der Waals surface area contributed by atoms with Gasteiger partial charge in [0, 0.05) is 32.2 Å². The summed E-state index contributed by atoms with van der Waals surface area (Å²) in [5.74, 6) is -5.06. The van der Waals surface area contributed by atoms with Crippen molar-refractivity contribution >= 4 is 41.4 Å². The normalized spacial score (nSPS) is 12.1. The number of carbonyl (C=O) groups is 7. The number of nitrogens with one attached hydrogen (secondary N) is 3. The number of unbranched alkanes of at least 4 members (excludes halogenated alkanes) is 13. The molecular weight excluding hydrogens is 654 g/mol. The van der Waals surface area contributed by atoms with E-state index in [9.17, 15) is 43.8 Å². The summed E-state index contributed by atoms with van der Waals surface area (Å²) in [7, 11) is 0. The topological polar surface area (TPSA) is 235 Å². The number of ketones is 1. The van der Waals surface area contributed by atoms with E-state index in [1.54, 1.807) is 0 Å². The van der Waals surface area contributed by atoms with Crippen molar-refractivity contribution in [3.63, 3.8) is 0 Å². The van der Waals surface area contributed by atoms with Gasteiger partial charge in [-0.25, -0.2) is 9.59 Å². The highest BCUT2D eigenvalue weighted by Crippen LogP contribution is 2.14. The molecule has 0 heterocycles. The van der Waals surface area contributed by atoms with E-state index in [0.717, 1.165) is 38.5 Å². The maximum atomic E-state index is 12.1. The van der Waals surface area contributed by atoms with Crippen LogP contribution in [0.15, 0.2) is 0 Å². The maximum Gasteiger partial charge on any atom is 0.326 e. The zero-order chi connectivity index (χ0) is 37.4. The first kappa shape index (κ1) is 46.4. The third-order valence-corrected chi connectivity index (χ3v) is 7.93. The Hall–Kier alpha value is -3.59. The zero-order valence-electron chi connectivity index (χ0n) is 29.8. The Bertz CT molecular complexity index is 1010. The molecule has 2 atom stereocenters. The molecule has 0 aliphatic heterocycles. The molecule has 0 aromatic heterocycles. The summed E-state index contributed by atoms with van der Waals surface area (Å²) < 4.78 is 10.6. The summed E-state index contributed by atoms with van der Waals surface area (Å²) in [6, 6.07) is -2.66. The molecule has 0 fully saturated rings. The highest BCUT2D eigenvalue weighted by atomic mass is 16.5. The number of carboxylic acids is 3. The molecule has 3 amide bonds. The van der Waals surface area contributed by atoms with Crippen LogP contribution in [0.2, 0.25) is 0 Å². The van der Waals surface area contributed by atoms with Crippen LogP contribution in [-0.4, -0.2) is 102 Å². The molecule has 15 heteroatoms.